The van der Waals surface area contributed by atoms with Crippen molar-refractivity contribution in [3.05, 3.63) is 77.2 Å². The molecule has 0 N–H and O–H groups in total. The van der Waals surface area contributed by atoms with Gasteiger partial charge in [-0.15, -0.1) is 20.4 Å². The van der Waals surface area contributed by atoms with Gasteiger partial charge in [-0.2, -0.15) is 45.6 Å². The number of rotatable bonds is 10. The van der Waals surface area contributed by atoms with Crippen LogP contribution >= 0.6 is 11.6 Å². The van der Waals surface area contributed by atoms with Gasteiger partial charge >= 0.3 is 19.5 Å². The fraction of sp³-hybridized carbons (Fsp3) is 0.459. The zero-order chi connectivity index (χ0) is 44.0. The first kappa shape index (κ1) is 53.8. The van der Waals surface area contributed by atoms with Gasteiger partial charge in [-0.1, -0.05) is 33.9 Å². The molecule has 346 valence electrons. The highest BCUT2D eigenvalue weighted by atomic mass is 35.5. The fourth-order valence-electron chi connectivity index (χ4n) is 4.86. The number of fused-ring (bicyclic) bond motifs is 2. The summed E-state index contributed by atoms with van der Waals surface area (Å²) in [4.78, 5) is 7.15. The van der Waals surface area contributed by atoms with E-state index in [1.165, 1.54) is 24.0 Å². The first-order valence-electron chi connectivity index (χ1n) is 17.2. The molecule has 16 nitrogen and oxygen atoms in total. The number of pyridine rings is 2. The van der Waals surface area contributed by atoms with Gasteiger partial charge in [-0.05, 0) is 64.1 Å². The number of alkyl halides is 6. The summed E-state index contributed by atoms with van der Waals surface area (Å²) in [5.74, 6) is -2.39. The number of methoxy groups -OCH3 is 2. The topological polar surface area (TPSA) is 167 Å². The number of nitrogens with zero attached hydrogens (tertiary/aromatic N) is 10. The summed E-state index contributed by atoms with van der Waals surface area (Å²) in [6, 6.07) is 8.59. The summed E-state index contributed by atoms with van der Waals surface area (Å²) < 4.78 is 133. The van der Waals surface area contributed by atoms with Crippen LogP contribution in [-0.4, -0.2) is 108 Å². The minimum Gasteiger partial charge on any atom is -0.466 e. The van der Waals surface area contributed by atoms with Gasteiger partial charge in [0.2, 0.25) is 0 Å². The molecule has 1 fully saturated rings. The van der Waals surface area contributed by atoms with Crippen molar-refractivity contribution < 1.29 is 63.4 Å². The van der Waals surface area contributed by atoms with Gasteiger partial charge in [0.25, 0.3) is 11.8 Å². The molecule has 6 aromatic heterocycles. The molecule has 0 saturated carbocycles. The van der Waals surface area contributed by atoms with Gasteiger partial charge < -0.3 is 28.3 Å². The third-order valence-corrected chi connectivity index (χ3v) is 8.57. The minimum atomic E-state index is -4.58. The van der Waals surface area contributed by atoms with Crippen LogP contribution in [0.1, 0.15) is 61.6 Å². The van der Waals surface area contributed by atoms with E-state index in [2.05, 4.69) is 50.0 Å². The predicted molar refractivity (Wildman–Crippen MR) is 214 cm³/mol. The molecule has 0 unspecified atom stereocenters. The van der Waals surface area contributed by atoms with Crippen molar-refractivity contribution in [3.63, 3.8) is 0 Å². The summed E-state index contributed by atoms with van der Waals surface area (Å²) in [5, 5.41) is 24.3. The Balaban J connectivity index is 0.000000331. The average Bonchev–Trinajstić information content (AvgIpc) is 3.82. The molecule has 26 heteroatoms. The lowest BCUT2D eigenvalue weighted by atomic mass is 9.80. The van der Waals surface area contributed by atoms with Crippen molar-refractivity contribution in [1.29, 1.82) is 0 Å². The van der Waals surface area contributed by atoms with Crippen LogP contribution in [-0.2, 0) is 32.0 Å². The van der Waals surface area contributed by atoms with Crippen LogP contribution in [0.4, 0.5) is 35.1 Å². The first-order chi connectivity index (χ1) is 28.1. The van der Waals surface area contributed by atoms with E-state index in [-0.39, 0.29) is 39.9 Å². The van der Waals surface area contributed by atoms with Crippen molar-refractivity contribution in [3.8, 4) is 23.0 Å². The molecule has 6 aromatic rings. The van der Waals surface area contributed by atoms with Crippen LogP contribution in [0.3, 0.4) is 0 Å². The van der Waals surface area contributed by atoms with Gasteiger partial charge in [0.05, 0.1) is 16.9 Å². The zero-order valence-electron chi connectivity index (χ0n) is 32.3. The van der Waals surface area contributed by atoms with Crippen LogP contribution in [0.25, 0.3) is 22.6 Å². The quantitative estimate of drug-likeness (QED) is 0.0968. The van der Waals surface area contributed by atoms with E-state index in [9.17, 15) is 35.1 Å². The van der Waals surface area contributed by atoms with E-state index >= 15 is 0 Å². The second-order valence-corrected chi connectivity index (χ2v) is 13.9. The number of hydrogen-bond acceptors (Lipinski definition) is 14. The summed E-state index contributed by atoms with van der Waals surface area (Å²) in [7, 11) is 2.24. The first-order valence-corrected chi connectivity index (χ1v) is 17.6. The van der Waals surface area contributed by atoms with E-state index in [0.29, 0.717) is 40.4 Å². The predicted octanol–water partition coefficient (Wildman–Crippen LogP) is 7.71. The molecule has 0 atom stereocenters. The Hall–Kier alpha value is -5.37. The lowest BCUT2D eigenvalue weighted by Crippen LogP contribution is -2.41. The van der Waals surface area contributed by atoms with Crippen molar-refractivity contribution in [1.82, 2.24) is 49.6 Å². The van der Waals surface area contributed by atoms with Crippen LogP contribution in [0.15, 0.2) is 48.8 Å². The molecule has 7 rings (SSSR count). The minimum absolute atomic E-state index is 0. The number of aromatic nitrogens is 10. The normalized spacial score (nSPS) is 14.0. The second-order valence-electron chi connectivity index (χ2n) is 13.5. The van der Waals surface area contributed by atoms with Gasteiger partial charge in [-0.3, -0.25) is 0 Å². The number of halogens is 9. The molecule has 1 aliphatic rings. The Bertz CT molecular complexity index is 2390. The molecule has 0 aromatic carbocycles. The highest BCUT2D eigenvalue weighted by molar-refractivity contribution is 6.62. The summed E-state index contributed by atoms with van der Waals surface area (Å²) in [5.41, 5.74) is 0.773. The van der Waals surface area contributed by atoms with E-state index in [4.69, 9.17) is 30.4 Å². The third-order valence-electron chi connectivity index (χ3n) is 8.37. The molecular formula is C37H46BClF8N10O6. The molecule has 0 aliphatic carbocycles. The third kappa shape index (κ3) is 14.1. The second kappa shape index (κ2) is 21.8. The Morgan fingerprint density at radius 2 is 1.13 bits per heavy atom. The highest BCUT2D eigenvalue weighted by Crippen LogP contribution is 2.36. The van der Waals surface area contributed by atoms with Crippen LogP contribution < -0.4 is 14.9 Å². The molecular weight excluding hydrogens is 879 g/mol. The lowest BCUT2D eigenvalue weighted by Gasteiger charge is -2.32. The van der Waals surface area contributed by atoms with Gasteiger partial charge in [0.1, 0.15) is 18.4 Å². The zero-order valence-corrected chi connectivity index (χ0v) is 33.1. The molecule has 63 heavy (non-hydrogen) atoms. The van der Waals surface area contributed by atoms with Gasteiger partial charge in [0, 0.05) is 37.6 Å². The molecule has 1 saturated heterocycles. The van der Waals surface area contributed by atoms with Gasteiger partial charge in [-0.25, -0.2) is 18.7 Å². The van der Waals surface area contributed by atoms with Crippen molar-refractivity contribution in [2.45, 2.75) is 86.7 Å². The molecule has 0 radical (unpaired) electrons. The smallest absolute Gasteiger partial charge is 0.466 e. The van der Waals surface area contributed by atoms with Crippen LogP contribution in [0, 0.1) is 11.6 Å². The van der Waals surface area contributed by atoms with Crippen LogP contribution in [0.5, 0.6) is 11.8 Å². The summed E-state index contributed by atoms with van der Waals surface area (Å²) in [6.45, 7) is 4.64. The standard InChI is InChI=1S/C14H11F4N5O2.C13H16BF4NO3.C7H7ClN4O.3CH4/c1-24-6-12-21-20-11-3-2-10(22-23(11)12)8-4-9(15)13(19-5-8)25-7-14(16,17)18;1-11(2)12(3,4)22-14(21-11)8-5-9(15)10(19-6-8)20-7-13(16,17)18;1-13-4-7-10-9-6-3-2-5(8)11-12(6)7;;;/h2-5H,6-7H2,1H3;5-6H,7H2,1-4H3;2-3H,4H2,1H3;3*1H4. The Morgan fingerprint density at radius 3 is 1.59 bits per heavy atom. The molecule has 0 bridgehead atoms. The van der Waals surface area contributed by atoms with E-state index < -0.39 is 67.3 Å². The Morgan fingerprint density at radius 1 is 0.667 bits per heavy atom. The molecule has 0 spiro atoms. The lowest BCUT2D eigenvalue weighted by molar-refractivity contribution is -0.155. The number of ether oxygens (including phenoxy) is 4. The van der Waals surface area contributed by atoms with Crippen molar-refractivity contribution >= 4 is 35.5 Å². The fourth-order valence-corrected chi connectivity index (χ4v) is 5.00. The summed E-state index contributed by atoms with van der Waals surface area (Å²) >= 11 is 5.72. The van der Waals surface area contributed by atoms with E-state index in [1.54, 1.807) is 35.9 Å². The number of hydrogen-bond donors (Lipinski definition) is 0. The molecule has 0 amide bonds. The summed E-state index contributed by atoms with van der Waals surface area (Å²) in [6.07, 6.45) is -6.79. The Kier molecular flexibility index (Phi) is 18.6. The molecule has 7 heterocycles. The largest absolute Gasteiger partial charge is 0.496 e. The maximum absolute atomic E-state index is 13.9. The van der Waals surface area contributed by atoms with E-state index in [1.807, 2.05) is 27.7 Å². The van der Waals surface area contributed by atoms with E-state index in [0.717, 1.165) is 12.1 Å². The van der Waals surface area contributed by atoms with Crippen molar-refractivity contribution in [2.75, 3.05) is 27.4 Å². The van der Waals surface area contributed by atoms with Crippen molar-refractivity contribution in [2.24, 2.45) is 0 Å². The molecule has 1 aliphatic heterocycles. The monoisotopic (exact) mass is 924 g/mol. The van der Waals surface area contributed by atoms with Gasteiger partial charge in [0.15, 0.2) is 47.8 Å². The SMILES string of the molecule is C.C.C.CC1(C)OB(c2cnc(OCC(F)(F)F)c(F)c2)OC1(C)C.COCc1nnc2ccc(-c3cnc(OCC(F)(F)F)c(F)c3)nn12.COCc1nnc2ccc(Cl)nn12. The van der Waals surface area contributed by atoms with Crippen LogP contribution in [0.2, 0.25) is 5.15 Å². The Labute approximate surface area is 362 Å². The highest BCUT2D eigenvalue weighted by Gasteiger charge is 2.52. The maximum Gasteiger partial charge on any atom is 0.496 e. The average molecular weight is 925 g/mol. The maximum atomic E-state index is 13.9.